The number of carboxylic acids is 1. The fourth-order valence-corrected chi connectivity index (χ4v) is 3.27. The largest absolute Gasteiger partial charge is 0.481 e. The first-order valence-electron chi connectivity index (χ1n) is 6.90. The lowest BCUT2D eigenvalue weighted by atomic mass is 9.95. The summed E-state index contributed by atoms with van der Waals surface area (Å²) in [6, 6.07) is 8.03. The lowest BCUT2D eigenvalue weighted by Gasteiger charge is -2.16. The van der Waals surface area contributed by atoms with Gasteiger partial charge >= 0.3 is 5.97 Å². The predicted molar refractivity (Wildman–Crippen MR) is 73.1 cm³/mol. The van der Waals surface area contributed by atoms with Crippen molar-refractivity contribution in [2.75, 3.05) is 0 Å². The summed E-state index contributed by atoms with van der Waals surface area (Å²) in [6.45, 7) is 2.92. The number of nitrogens with zero attached hydrogens (tertiary/aromatic N) is 2. The van der Waals surface area contributed by atoms with Crippen molar-refractivity contribution in [3.63, 3.8) is 0 Å². The summed E-state index contributed by atoms with van der Waals surface area (Å²) in [5.74, 6) is 0.0535. The third-order valence-corrected chi connectivity index (χ3v) is 4.17. The Balaban J connectivity index is 2.11. The molecule has 4 nitrogen and oxygen atoms in total. The van der Waals surface area contributed by atoms with E-state index in [1.165, 1.54) is 0 Å². The molecule has 1 saturated carbocycles. The van der Waals surface area contributed by atoms with Gasteiger partial charge in [0.25, 0.3) is 0 Å². The Morgan fingerprint density at radius 2 is 2.21 bits per heavy atom. The molecule has 19 heavy (non-hydrogen) atoms. The molecule has 0 radical (unpaired) electrons. The van der Waals surface area contributed by atoms with Gasteiger partial charge in [-0.2, -0.15) is 0 Å². The molecule has 1 heterocycles. The Morgan fingerprint density at radius 3 is 2.95 bits per heavy atom. The minimum Gasteiger partial charge on any atom is -0.481 e. The molecule has 2 aromatic rings. The van der Waals surface area contributed by atoms with Crippen molar-refractivity contribution >= 4 is 17.0 Å². The average molecular weight is 258 g/mol. The highest BCUT2D eigenvalue weighted by Crippen LogP contribution is 2.40. The third kappa shape index (κ3) is 1.91. The van der Waals surface area contributed by atoms with Gasteiger partial charge in [-0.05, 0) is 31.9 Å². The summed E-state index contributed by atoms with van der Waals surface area (Å²) in [4.78, 5) is 16.1. The first-order valence-corrected chi connectivity index (χ1v) is 6.90. The summed E-state index contributed by atoms with van der Waals surface area (Å²) in [5.41, 5.74) is 2.08. The van der Waals surface area contributed by atoms with Crippen molar-refractivity contribution in [2.24, 2.45) is 5.92 Å². The van der Waals surface area contributed by atoms with Crippen LogP contribution in [0.15, 0.2) is 24.3 Å². The first kappa shape index (κ1) is 12.2. The number of hydrogen-bond donors (Lipinski definition) is 1. The lowest BCUT2D eigenvalue weighted by molar-refractivity contribution is -0.142. The molecular weight excluding hydrogens is 240 g/mol. The number of aromatic nitrogens is 2. The number of para-hydroxylation sites is 2. The van der Waals surface area contributed by atoms with Gasteiger partial charge in [0.05, 0.1) is 17.0 Å². The Kier molecular flexibility index (Phi) is 3.01. The fourth-order valence-electron chi connectivity index (χ4n) is 3.27. The monoisotopic (exact) mass is 258 g/mol. The number of benzene rings is 1. The molecule has 2 atom stereocenters. The number of carbonyl (C=O) groups is 1. The van der Waals surface area contributed by atoms with Gasteiger partial charge in [-0.3, -0.25) is 4.79 Å². The van der Waals surface area contributed by atoms with Crippen LogP contribution in [0, 0.1) is 5.92 Å². The van der Waals surface area contributed by atoms with Crippen LogP contribution in [-0.2, 0) is 11.3 Å². The highest BCUT2D eigenvalue weighted by atomic mass is 16.4. The Labute approximate surface area is 112 Å². The van der Waals surface area contributed by atoms with Crippen molar-refractivity contribution in [3.05, 3.63) is 30.1 Å². The summed E-state index contributed by atoms with van der Waals surface area (Å²) in [7, 11) is 0. The van der Waals surface area contributed by atoms with Crippen molar-refractivity contribution in [1.82, 2.24) is 9.55 Å². The van der Waals surface area contributed by atoms with Crippen LogP contribution in [-0.4, -0.2) is 20.6 Å². The second-order valence-electron chi connectivity index (χ2n) is 5.19. The zero-order valence-corrected chi connectivity index (χ0v) is 11.0. The van der Waals surface area contributed by atoms with Gasteiger partial charge < -0.3 is 9.67 Å². The summed E-state index contributed by atoms with van der Waals surface area (Å²) < 4.78 is 2.17. The molecule has 1 aliphatic carbocycles. The molecule has 0 saturated heterocycles. The molecular formula is C15H18N2O2. The standard InChI is InChI=1S/C15H18N2O2/c1-2-17-13-9-4-3-8-12(13)16-14(17)10-6-5-7-11(10)15(18)19/h3-4,8-11H,2,5-7H2,1H3,(H,18,19). The molecule has 3 rings (SSSR count). The number of aliphatic carboxylic acids is 1. The maximum absolute atomic E-state index is 11.4. The summed E-state index contributed by atoms with van der Waals surface area (Å²) in [5, 5.41) is 9.35. The zero-order chi connectivity index (χ0) is 13.4. The topological polar surface area (TPSA) is 55.1 Å². The maximum Gasteiger partial charge on any atom is 0.307 e. The van der Waals surface area contributed by atoms with Crippen LogP contribution in [0.3, 0.4) is 0 Å². The Bertz CT molecular complexity index is 618. The van der Waals surface area contributed by atoms with Crippen LogP contribution in [0.4, 0.5) is 0 Å². The van der Waals surface area contributed by atoms with E-state index in [0.29, 0.717) is 0 Å². The molecule has 1 aliphatic rings. The van der Waals surface area contributed by atoms with Crippen LogP contribution in [0.5, 0.6) is 0 Å². The molecule has 0 amide bonds. The Hall–Kier alpha value is -1.84. The highest BCUT2D eigenvalue weighted by molar-refractivity contribution is 5.77. The first-order chi connectivity index (χ1) is 9.22. The van der Waals surface area contributed by atoms with E-state index in [0.717, 1.165) is 42.7 Å². The van der Waals surface area contributed by atoms with Crippen LogP contribution >= 0.6 is 0 Å². The van der Waals surface area contributed by atoms with Gasteiger partial charge in [0.15, 0.2) is 0 Å². The average Bonchev–Trinajstić information content (AvgIpc) is 3.02. The van der Waals surface area contributed by atoms with Crippen molar-refractivity contribution in [1.29, 1.82) is 0 Å². The molecule has 1 fully saturated rings. The highest BCUT2D eigenvalue weighted by Gasteiger charge is 2.36. The van der Waals surface area contributed by atoms with E-state index in [4.69, 9.17) is 4.98 Å². The minimum atomic E-state index is -0.683. The molecule has 2 unspecified atom stereocenters. The number of rotatable bonds is 3. The van der Waals surface area contributed by atoms with Gasteiger partial charge in [-0.25, -0.2) is 4.98 Å². The number of hydrogen-bond acceptors (Lipinski definition) is 2. The Morgan fingerprint density at radius 1 is 1.42 bits per heavy atom. The normalized spacial score (nSPS) is 23.0. The third-order valence-electron chi connectivity index (χ3n) is 4.17. The zero-order valence-electron chi connectivity index (χ0n) is 11.0. The van der Waals surface area contributed by atoms with E-state index in [-0.39, 0.29) is 11.8 Å². The summed E-state index contributed by atoms with van der Waals surface area (Å²) in [6.07, 6.45) is 2.68. The van der Waals surface area contributed by atoms with Crippen LogP contribution in [0.25, 0.3) is 11.0 Å². The van der Waals surface area contributed by atoms with Gasteiger partial charge in [0.1, 0.15) is 5.82 Å². The number of carboxylic acid groups (broad SMARTS) is 1. The summed E-state index contributed by atoms with van der Waals surface area (Å²) >= 11 is 0. The van der Waals surface area contributed by atoms with E-state index in [1.807, 2.05) is 18.2 Å². The van der Waals surface area contributed by atoms with Crippen molar-refractivity contribution in [2.45, 2.75) is 38.6 Å². The van der Waals surface area contributed by atoms with E-state index in [9.17, 15) is 9.90 Å². The smallest absolute Gasteiger partial charge is 0.307 e. The molecule has 0 aliphatic heterocycles. The quantitative estimate of drug-likeness (QED) is 0.920. The van der Waals surface area contributed by atoms with Gasteiger partial charge in [0, 0.05) is 12.5 Å². The van der Waals surface area contributed by atoms with E-state index in [2.05, 4.69) is 17.6 Å². The predicted octanol–water partition coefficient (Wildman–Crippen LogP) is 3.02. The number of fused-ring (bicyclic) bond motifs is 1. The number of imidazole rings is 1. The molecule has 1 aromatic heterocycles. The molecule has 100 valence electrons. The van der Waals surface area contributed by atoms with Crippen molar-refractivity contribution < 1.29 is 9.90 Å². The van der Waals surface area contributed by atoms with Crippen LogP contribution in [0.2, 0.25) is 0 Å². The second kappa shape index (κ2) is 4.68. The van der Waals surface area contributed by atoms with E-state index in [1.54, 1.807) is 0 Å². The molecule has 0 bridgehead atoms. The van der Waals surface area contributed by atoms with Crippen LogP contribution < -0.4 is 0 Å². The number of aryl methyl sites for hydroxylation is 1. The molecule has 1 N–H and O–H groups in total. The van der Waals surface area contributed by atoms with Crippen molar-refractivity contribution in [3.8, 4) is 0 Å². The van der Waals surface area contributed by atoms with E-state index < -0.39 is 5.97 Å². The molecule has 1 aromatic carbocycles. The molecule has 0 spiro atoms. The fraction of sp³-hybridized carbons (Fsp3) is 0.467. The minimum absolute atomic E-state index is 0.0600. The van der Waals surface area contributed by atoms with Gasteiger partial charge in [-0.15, -0.1) is 0 Å². The van der Waals surface area contributed by atoms with Gasteiger partial charge in [-0.1, -0.05) is 18.6 Å². The van der Waals surface area contributed by atoms with E-state index >= 15 is 0 Å². The lowest BCUT2D eigenvalue weighted by Crippen LogP contribution is -2.20. The second-order valence-corrected chi connectivity index (χ2v) is 5.19. The van der Waals surface area contributed by atoms with Crippen LogP contribution in [0.1, 0.15) is 37.9 Å². The maximum atomic E-state index is 11.4. The van der Waals surface area contributed by atoms with Gasteiger partial charge in [0.2, 0.25) is 0 Å². The SMILES string of the molecule is CCn1c(C2CCCC2C(=O)O)nc2ccccc21. The molecule has 4 heteroatoms.